The Morgan fingerprint density at radius 3 is 1.41 bits per heavy atom. The summed E-state index contributed by atoms with van der Waals surface area (Å²) in [5, 5.41) is 23.8. The predicted octanol–water partition coefficient (Wildman–Crippen LogP) is 0.290. The minimum atomic E-state index is -1.17. The quantitative estimate of drug-likeness (QED) is 0.271. The van der Waals surface area contributed by atoms with Gasteiger partial charge >= 0.3 is 11.9 Å². The highest BCUT2D eigenvalue weighted by atomic mass is 16.5. The van der Waals surface area contributed by atoms with E-state index in [9.17, 15) is 29.4 Å². The number of aliphatic hydroxyl groups excluding tert-OH is 2. The second-order valence-electron chi connectivity index (χ2n) is 9.36. The Hall–Kier alpha value is -2.20. The number of rotatable bonds is 14. The summed E-state index contributed by atoms with van der Waals surface area (Å²) < 4.78 is 10.1. The molecule has 0 aromatic rings. The van der Waals surface area contributed by atoms with Crippen LogP contribution in [0.4, 0.5) is 0 Å². The minimum absolute atomic E-state index is 0.00400. The van der Waals surface area contributed by atoms with Crippen molar-refractivity contribution in [3.63, 3.8) is 0 Å². The molecule has 1 aliphatic carbocycles. The molecule has 2 atom stereocenters. The van der Waals surface area contributed by atoms with Crippen molar-refractivity contribution in [1.29, 1.82) is 0 Å². The highest BCUT2D eigenvalue weighted by molar-refractivity contribution is 5.87. The average Bonchev–Trinajstić information content (AvgIpc) is 2.70. The lowest BCUT2D eigenvalue weighted by Gasteiger charge is -2.41. The van der Waals surface area contributed by atoms with Crippen LogP contribution in [0.15, 0.2) is 0 Å². The number of aliphatic hydroxyl groups is 2. The molecule has 0 saturated heterocycles. The molecule has 184 valence electrons. The lowest BCUT2D eigenvalue weighted by Crippen LogP contribution is -2.49. The van der Waals surface area contributed by atoms with Gasteiger partial charge in [-0.2, -0.15) is 0 Å². The van der Waals surface area contributed by atoms with E-state index >= 15 is 0 Å². The summed E-state index contributed by atoms with van der Waals surface area (Å²) in [6.45, 7) is 6.67. The van der Waals surface area contributed by atoms with E-state index in [4.69, 9.17) is 9.47 Å². The molecule has 32 heavy (non-hydrogen) atoms. The molecule has 4 N–H and O–H groups in total. The molecule has 0 unspecified atom stereocenters. The van der Waals surface area contributed by atoms with Crippen molar-refractivity contribution >= 4 is 23.8 Å². The molecule has 0 aromatic heterocycles. The fraction of sp³-hybridized carbons (Fsp3) is 0.818. The van der Waals surface area contributed by atoms with Crippen molar-refractivity contribution in [2.24, 2.45) is 17.3 Å². The van der Waals surface area contributed by atoms with E-state index in [1.807, 2.05) is 27.7 Å². The van der Waals surface area contributed by atoms with E-state index in [2.05, 4.69) is 10.6 Å². The third-order valence-corrected chi connectivity index (χ3v) is 5.21. The fourth-order valence-electron chi connectivity index (χ4n) is 3.32. The summed E-state index contributed by atoms with van der Waals surface area (Å²) in [6.07, 6.45) is 2.11. The summed E-state index contributed by atoms with van der Waals surface area (Å²) in [5.41, 5.74) is -0.599. The first-order chi connectivity index (χ1) is 15.0. The summed E-state index contributed by atoms with van der Waals surface area (Å²) in [4.78, 5) is 49.1. The predicted molar refractivity (Wildman–Crippen MR) is 115 cm³/mol. The van der Waals surface area contributed by atoms with Gasteiger partial charge in [-0.3, -0.25) is 9.59 Å². The molecule has 1 aliphatic rings. The van der Waals surface area contributed by atoms with E-state index in [0.717, 1.165) is 6.42 Å². The lowest BCUT2D eigenvalue weighted by atomic mass is 9.64. The minimum Gasteiger partial charge on any atom is -0.464 e. The van der Waals surface area contributed by atoms with Gasteiger partial charge in [-0.1, -0.05) is 34.1 Å². The van der Waals surface area contributed by atoms with Gasteiger partial charge in [-0.15, -0.1) is 0 Å². The number of hydrogen-bond acceptors (Lipinski definition) is 8. The molecule has 0 bridgehead atoms. The number of esters is 2. The average molecular weight is 459 g/mol. The Bertz CT molecular complexity index is 596. The Labute approximate surface area is 189 Å². The maximum Gasteiger partial charge on any atom is 0.331 e. The van der Waals surface area contributed by atoms with Crippen LogP contribution in [0, 0.1) is 17.3 Å². The molecule has 0 spiro atoms. The van der Waals surface area contributed by atoms with Crippen molar-refractivity contribution in [2.45, 2.75) is 71.9 Å². The Morgan fingerprint density at radius 1 is 0.781 bits per heavy atom. The zero-order valence-electron chi connectivity index (χ0n) is 19.5. The molecule has 1 fully saturated rings. The highest BCUT2D eigenvalue weighted by Crippen LogP contribution is 2.46. The highest BCUT2D eigenvalue weighted by Gasteiger charge is 2.41. The largest absolute Gasteiger partial charge is 0.464 e. The van der Waals surface area contributed by atoms with Gasteiger partial charge in [0.15, 0.2) is 12.1 Å². The molecule has 0 heterocycles. The fourth-order valence-corrected chi connectivity index (χ4v) is 3.32. The zero-order chi connectivity index (χ0) is 24.3. The van der Waals surface area contributed by atoms with Crippen LogP contribution in [0.5, 0.6) is 0 Å². The van der Waals surface area contributed by atoms with Gasteiger partial charge in [0.05, 0.1) is 26.4 Å². The molecule has 2 amide bonds. The van der Waals surface area contributed by atoms with E-state index < -0.39 is 54.5 Å². The van der Waals surface area contributed by atoms with Gasteiger partial charge in [0.25, 0.3) is 0 Å². The van der Waals surface area contributed by atoms with Gasteiger partial charge in [-0.05, 0) is 30.1 Å². The molecular weight excluding hydrogens is 420 g/mol. The van der Waals surface area contributed by atoms with Crippen molar-refractivity contribution in [1.82, 2.24) is 10.6 Å². The molecule has 10 heteroatoms. The SMILES string of the molecule is CC(C)COC(=O)[C@@H](CO)NC(=O)CC1(CC(=O)N[C@H](CO)C(=O)OCC(C)C)CCC1. The number of carbonyl (C=O) groups excluding carboxylic acids is 4. The summed E-state index contributed by atoms with van der Waals surface area (Å²) >= 11 is 0. The summed E-state index contributed by atoms with van der Waals surface area (Å²) in [6, 6.07) is -2.33. The van der Waals surface area contributed by atoms with Gasteiger partial charge in [0, 0.05) is 12.8 Å². The molecule has 0 aromatic carbocycles. The van der Waals surface area contributed by atoms with E-state index in [1.54, 1.807) is 0 Å². The number of carbonyl (C=O) groups is 4. The maximum absolute atomic E-state index is 12.5. The molecular formula is C22H38N2O8. The van der Waals surface area contributed by atoms with Gasteiger partial charge in [-0.25, -0.2) is 9.59 Å². The Kier molecular flexibility index (Phi) is 11.6. The number of ether oxygens (including phenoxy) is 2. The van der Waals surface area contributed by atoms with Crippen molar-refractivity contribution in [3.05, 3.63) is 0 Å². The summed E-state index contributed by atoms with van der Waals surface area (Å²) in [5.74, 6) is -2.10. The van der Waals surface area contributed by atoms with Crippen LogP contribution in [0.1, 0.15) is 59.8 Å². The van der Waals surface area contributed by atoms with Crippen LogP contribution in [0.3, 0.4) is 0 Å². The topological polar surface area (TPSA) is 151 Å². The van der Waals surface area contributed by atoms with Gasteiger partial charge in [0.2, 0.25) is 11.8 Å². The lowest BCUT2D eigenvalue weighted by molar-refractivity contribution is -0.151. The second-order valence-corrected chi connectivity index (χ2v) is 9.36. The zero-order valence-corrected chi connectivity index (χ0v) is 19.5. The molecule has 1 saturated carbocycles. The monoisotopic (exact) mass is 458 g/mol. The Balaban J connectivity index is 2.61. The van der Waals surface area contributed by atoms with Crippen LogP contribution >= 0.6 is 0 Å². The summed E-state index contributed by atoms with van der Waals surface area (Å²) in [7, 11) is 0. The third-order valence-electron chi connectivity index (χ3n) is 5.21. The first-order valence-electron chi connectivity index (χ1n) is 11.2. The first-order valence-corrected chi connectivity index (χ1v) is 11.2. The van der Waals surface area contributed by atoms with E-state index in [0.29, 0.717) is 12.8 Å². The van der Waals surface area contributed by atoms with Crippen LogP contribution in [0.25, 0.3) is 0 Å². The third kappa shape index (κ3) is 9.52. The maximum atomic E-state index is 12.5. The van der Waals surface area contributed by atoms with Crippen molar-refractivity contribution in [2.75, 3.05) is 26.4 Å². The van der Waals surface area contributed by atoms with Crippen LogP contribution in [-0.2, 0) is 28.7 Å². The standard InChI is InChI=1S/C22H38N2O8/c1-14(2)12-31-20(29)16(10-25)23-18(27)8-22(6-5-7-22)9-19(28)24-17(11-26)21(30)32-13-15(3)4/h14-17,25-26H,5-13H2,1-4H3,(H,23,27)(H,24,28)/t16-,17-/m1/s1. The molecule has 0 aliphatic heterocycles. The first kappa shape index (κ1) is 27.8. The van der Waals surface area contributed by atoms with Gasteiger partial charge < -0.3 is 30.3 Å². The Morgan fingerprint density at radius 2 is 1.16 bits per heavy atom. The van der Waals surface area contributed by atoms with Gasteiger partial charge in [0.1, 0.15) is 0 Å². The smallest absolute Gasteiger partial charge is 0.331 e. The van der Waals surface area contributed by atoms with Crippen LogP contribution in [0.2, 0.25) is 0 Å². The number of hydrogen-bond donors (Lipinski definition) is 4. The normalized spacial score (nSPS) is 16.6. The number of nitrogens with one attached hydrogen (secondary N) is 2. The number of amides is 2. The molecule has 10 nitrogen and oxygen atoms in total. The van der Waals surface area contributed by atoms with Crippen LogP contribution < -0.4 is 10.6 Å². The molecule has 1 rings (SSSR count). The van der Waals surface area contributed by atoms with Crippen molar-refractivity contribution < 1.29 is 38.9 Å². The van der Waals surface area contributed by atoms with Crippen LogP contribution in [-0.4, -0.2) is 72.5 Å². The van der Waals surface area contributed by atoms with Crippen molar-refractivity contribution in [3.8, 4) is 0 Å². The van der Waals surface area contributed by atoms with E-state index in [1.165, 1.54) is 0 Å². The van der Waals surface area contributed by atoms with E-state index in [-0.39, 0.29) is 37.9 Å². The molecule has 0 radical (unpaired) electrons. The second kappa shape index (κ2) is 13.4.